The lowest BCUT2D eigenvalue weighted by molar-refractivity contribution is -0.145. The minimum absolute atomic E-state index is 0.0356. The zero-order valence-corrected chi connectivity index (χ0v) is 13.8. The minimum Gasteiger partial charge on any atom is -0.459 e. The molecule has 0 bridgehead atoms. The standard InChI is InChI=1S/C15H11BrN2O3S/c16-14-5-10(9-22-14)8-21-15(20)7-18-12-4-2-1-3-11(12)13(19)6-17-18/h1-6,9H,7-8H2. The predicted octanol–water partition coefficient (Wildman–Crippen LogP) is 2.96. The van der Waals surface area contributed by atoms with E-state index in [1.165, 1.54) is 22.2 Å². The molecule has 0 aliphatic carbocycles. The SMILES string of the molecule is O=C(Cn1ncc(=O)c2ccccc21)OCc1csc(Br)c1. The molecule has 0 aliphatic heterocycles. The Labute approximate surface area is 138 Å². The van der Waals surface area contributed by atoms with Crippen LogP contribution in [0.4, 0.5) is 0 Å². The highest BCUT2D eigenvalue weighted by molar-refractivity contribution is 9.11. The van der Waals surface area contributed by atoms with E-state index in [9.17, 15) is 9.59 Å². The topological polar surface area (TPSA) is 61.2 Å². The average molecular weight is 379 g/mol. The molecular weight excluding hydrogens is 368 g/mol. The van der Waals surface area contributed by atoms with Gasteiger partial charge < -0.3 is 4.74 Å². The highest BCUT2D eigenvalue weighted by Gasteiger charge is 2.09. The number of carbonyl (C=O) groups is 1. The van der Waals surface area contributed by atoms with E-state index in [4.69, 9.17) is 4.74 Å². The molecule has 0 radical (unpaired) electrons. The summed E-state index contributed by atoms with van der Waals surface area (Å²) in [5.41, 5.74) is 1.39. The summed E-state index contributed by atoms with van der Waals surface area (Å²) in [5, 5.41) is 6.46. The Morgan fingerprint density at radius 3 is 2.95 bits per heavy atom. The number of rotatable bonds is 4. The van der Waals surface area contributed by atoms with Gasteiger partial charge in [-0.25, -0.2) is 0 Å². The van der Waals surface area contributed by atoms with Gasteiger partial charge in [0.2, 0.25) is 5.43 Å². The van der Waals surface area contributed by atoms with Crippen molar-refractivity contribution in [2.75, 3.05) is 0 Å². The van der Waals surface area contributed by atoms with Gasteiger partial charge in [-0.3, -0.25) is 14.3 Å². The van der Waals surface area contributed by atoms with Crippen molar-refractivity contribution >= 4 is 44.1 Å². The third-order valence-corrected chi connectivity index (χ3v) is 4.62. The lowest BCUT2D eigenvalue weighted by Gasteiger charge is -2.08. The third kappa shape index (κ3) is 3.26. The van der Waals surface area contributed by atoms with E-state index in [1.54, 1.807) is 24.3 Å². The predicted molar refractivity (Wildman–Crippen MR) is 87.8 cm³/mol. The van der Waals surface area contributed by atoms with Gasteiger partial charge in [-0.15, -0.1) is 11.3 Å². The molecule has 3 aromatic rings. The maximum Gasteiger partial charge on any atom is 0.328 e. The van der Waals surface area contributed by atoms with Gasteiger partial charge in [0.1, 0.15) is 13.2 Å². The van der Waals surface area contributed by atoms with Gasteiger partial charge in [0, 0.05) is 10.9 Å². The van der Waals surface area contributed by atoms with Gasteiger partial charge in [0.25, 0.3) is 0 Å². The number of aromatic nitrogens is 2. The molecule has 3 rings (SSSR count). The number of hydrogen-bond acceptors (Lipinski definition) is 5. The highest BCUT2D eigenvalue weighted by Crippen LogP contribution is 2.21. The Hall–Kier alpha value is -1.99. The summed E-state index contributed by atoms with van der Waals surface area (Å²) in [4.78, 5) is 23.7. The van der Waals surface area contributed by atoms with Gasteiger partial charge in [0.05, 0.1) is 15.5 Å². The number of ether oxygens (including phenoxy) is 1. The number of fused-ring (bicyclic) bond motifs is 1. The van der Waals surface area contributed by atoms with Crippen LogP contribution < -0.4 is 5.43 Å². The van der Waals surface area contributed by atoms with Crippen molar-refractivity contribution in [1.82, 2.24) is 9.78 Å². The number of hydrogen-bond donors (Lipinski definition) is 0. The summed E-state index contributed by atoms with van der Waals surface area (Å²) >= 11 is 4.90. The van der Waals surface area contributed by atoms with Crippen LogP contribution in [-0.4, -0.2) is 15.7 Å². The maximum atomic E-state index is 12.0. The number of carbonyl (C=O) groups excluding carboxylic acids is 1. The highest BCUT2D eigenvalue weighted by atomic mass is 79.9. The van der Waals surface area contributed by atoms with Crippen LogP contribution in [0, 0.1) is 0 Å². The Balaban J connectivity index is 1.74. The normalized spacial score (nSPS) is 10.8. The Bertz CT molecular complexity index is 888. The maximum absolute atomic E-state index is 12.0. The van der Waals surface area contributed by atoms with Crippen molar-refractivity contribution < 1.29 is 9.53 Å². The summed E-state index contributed by atoms with van der Waals surface area (Å²) in [6.07, 6.45) is 1.21. The lowest BCUT2D eigenvalue weighted by atomic mass is 10.2. The molecular formula is C15H11BrN2O3S. The van der Waals surface area contributed by atoms with Crippen LogP contribution in [0.1, 0.15) is 5.56 Å². The van der Waals surface area contributed by atoms with Crippen molar-refractivity contribution in [2.45, 2.75) is 13.2 Å². The van der Waals surface area contributed by atoms with E-state index in [0.29, 0.717) is 10.9 Å². The first kappa shape index (κ1) is 14.9. The van der Waals surface area contributed by atoms with Gasteiger partial charge >= 0.3 is 5.97 Å². The first-order valence-corrected chi connectivity index (χ1v) is 8.14. The Morgan fingerprint density at radius 2 is 2.18 bits per heavy atom. The third-order valence-electron chi connectivity index (χ3n) is 3.06. The van der Waals surface area contributed by atoms with Crippen molar-refractivity contribution in [3.05, 3.63) is 61.5 Å². The summed E-state index contributed by atoms with van der Waals surface area (Å²) in [7, 11) is 0. The van der Waals surface area contributed by atoms with Gasteiger partial charge in [0.15, 0.2) is 0 Å². The molecule has 0 fully saturated rings. The van der Waals surface area contributed by atoms with Crippen LogP contribution >= 0.6 is 27.3 Å². The molecule has 2 heterocycles. The van der Waals surface area contributed by atoms with Gasteiger partial charge in [-0.1, -0.05) is 12.1 Å². The molecule has 0 aliphatic rings. The molecule has 1 aromatic carbocycles. The largest absolute Gasteiger partial charge is 0.459 e. The van der Waals surface area contributed by atoms with E-state index in [-0.39, 0.29) is 18.6 Å². The zero-order chi connectivity index (χ0) is 15.5. The second-order valence-corrected chi connectivity index (χ2v) is 6.89. The number of esters is 1. The van der Waals surface area contributed by atoms with Crippen molar-refractivity contribution in [1.29, 1.82) is 0 Å². The monoisotopic (exact) mass is 378 g/mol. The molecule has 7 heteroatoms. The average Bonchev–Trinajstić information content (AvgIpc) is 2.94. The Morgan fingerprint density at radius 1 is 1.36 bits per heavy atom. The molecule has 22 heavy (non-hydrogen) atoms. The van der Waals surface area contributed by atoms with E-state index in [1.807, 2.05) is 11.4 Å². The summed E-state index contributed by atoms with van der Waals surface area (Å²) in [5.74, 6) is -0.399. The molecule has 0 spiro atoms. The van der Waals surface area contributed by atoms with Crippen molar-refractivity contribution in [3.63, 3.8) is 0 Å². The number of halogens is 1. The van der Waals surface area contributed by atoms with Gasteiger partial charge in [-0.05, 0) is 39.5 Å². The molecule has 0 saturated carbocycles. The lowest BCUT2D eigenvalue weighted by Crippen LogP contribution is -2.19. The van der Waals surface area contributed by atoms with E-state index < -0.39 is 5.97 Å². The summed E-state index contributed by atoms with van der Waals surface area (Å²) in [6, 6.07) is 8.96. The number of nitrogens with zero attached hydrogens (tertiary/aromatic N) is 2. The Kier molecular flexibility index (Phi) is 4.35. The van der Waals surface area contributed by atoms with E-state index in [2.05, 4.69) is 21.0 Å². The summed E-state index contributed by atoms with van der Waals surface area (Å²) < 4.78 is 7.70. The molecule has 0 N–H and O–H groups in total. The number of para-hydroxylation sites is 1. The fraction of sp³-hybridized carbons (Fsp3) is 0.133. The molecule has 0 saturated heterocycles. The molecule has 2 aromatic heterocycles. The van der Waals surface area contributed by atoms with Gasteiger partial charge in [-0.2, -0.15) is 5.10 Å². The quantitative estimate of drug-likeness (QED) is 0.654. The van der Waals surface area contributed by atoms with Crippen LogP contribution in [0.5, 0.6) is 0 Å². The van der Waals surface area contributed by atoms with Crippen molar-refractivity contribution in [2.24, 2.45) is 0 Å². The fourth-order valence-electron chi connectivity index (χ4n) is 2.04. The molecule has 0 amide bonds. The van der Waals surface area contributed by atoms with E-state index in [0.717, 1.165) is 9.35 Å². The second-order valence-electron chi connectivity index (χ2n) is 4.60. The second kappa shape index (κ2) is 6.41. The van der Waals surface area contributed by atoms with Crippen LogP contribution in [-0.2, 0) is 22.7 Å². The number of benzene rings is 1. The molecule has 0 unspecified atom stereocenters. The first-order chi connectivity index (χ1) is 10.6. The smallest absolute Gasteiger partial charge is 0.328 e. The molecule has 5 nitrogen and oxygen atoms in total. The minimum atomic E-state index is -0.399. The fourth-order valence-corrected chi connectivity index (χ4v) is 3.23. The van der Waals surface area contributed by atoms with Crippen LogP contribution in [0.15, 0.2) is 50.5 Å². The number of thiophene rings is 1. The van der Waals surface area contributed by atoms with Crippen LogP contribution in [0.25, 0.3) is 10.9 Å². The van der Waals surface area contributed by atoms with Crippen LogP contribution in [0.2, 0.25) is 0 Å². The molecule has 0 atom stereocenters. The van der Waals surface area contributed by atoms with E-state index >= 15 is 0 Å². The van der Waals surface area contributed by atoms with Crippen molar-refractivity contribution in [3.8, 4) is 0 Å². The molecule has 112 valence electrons. The first-order valence-electron chi connectivity index (χ1n) is 6.47. The summed E-state index contributed by atoms with van der Waals surface area (Å²) in [6.45, 7) is 0.186. The zero-order valence-electron chi connectivity index (χ0n) is 11.4. The van der Waals surface area contributed by atoms with Crippen LogP contribution in [0.3, 0.4) is 0 Å².